The fraction of sp³-hybridized carbons (Fsp3) is 0.529. The molecular weight excluding hydrogens is 260 g/mol. The summed E-state index contributed by atoms with van der Waals surface area (Å²) >= 11 is 0. The molecule has 0 aliphatic carbocycles. The second-order valence-electron chi connectivity index (χ2n) is 6.52. The van der Waals surface area contributed by atoms with Gasteiger partial charge >= 0.3 is 0 Å². The highest BCUT2D eigenvalue weighted by Crippen LogP contribution is 2.20. The van der Waals surface area contributed by atoms with Crippen molar-refractivity contribution in [1.82, 2.24) is 14.8 Å². The van der Waals surface area contributed by atoms with Crippen LogP contribution < -0.4 is 5.32 Å². The van der Waals surface area contributed by atoms with Crippen LogP contribution in [0.5, 0.6) is 0 Å². The van der Waals surface area contributed by atoms with Crippen molar-refractivity contribution in [3.63, 3.8) is 0 Å². The molecule has 0 unspecified atom stereocenters. The number of hydrogen-bond donors (Lipinski definition) is 1. The highest BCUT2D eigenvalue weighted by Gasteiger charge is 2.13. The van der Waals surface area contributed by atoms with Crippen molar-refractivity contribution in [2.24, 2.45) is 11.8 Å². The molecule has 114 valence electrons. The second-order valence-corrected chi connectivity index (χ2v) is 6.52. The van der Waals surface area contributed by atoms with E-state index in [0.717, 1.165) is 11.4 Å². The summed E-state index contributed by atoms with van der Waals surface area (Å²) in [7, 11) is 0. The molecule has 0 radical (unpaired) electrons. The highest BCUT2D eigenvalue weighted by atomic mass is 15.2. The standard InChI is InChI=1S/C17H26N4/c1-13(2)8-16(9-14(3)4)20-15-6-5-7-17(10-15)21-11-18-19-12-21/h5-7,10-14,16,20H,8-9H2,1-4H3. The average molecular weight is 286 g/mol. The monoisotopic (exact) mass is 286 g/mol. The Morgan fingerprint density at radius 1 is 1.00 bits per heavy atom. The van der Waals surface area contributed by atoms with Gasteiger partial charge in [0.2, 0.25) is 0 Å². The molecule has 0 aliphatic heterocycles. The van der Waals surface area contributed by atoms with E-state index in [1.165, 1.54) is 12.8 Å². The fourth-order valence-electron chi connectivity index (χ4n) is 2.68. The van der Waals surface area contributed by atoms with Crippen LogP contribution in [0.3, 0.4) is 0 Å². The normalized spacial score (nSPS) is 11.6. The maximum atomic E-state index is 3.86. The smallest absolute Gasteiger partial charge is 0.123 e. The first kappa shape index (κ1) is 15.5. The molecule has 1 heterocycles. The summed E-state index contributed by atoms with van der Waals surface area (Å²) in [6.45, 7) is 9.12. The van der Waals surface area contributed by atoms with Crippen LogP contribution in [0.2, 0.25) is 0 Å². The van der Waals surface area contributed by atoms with Crippen molar-refractivity contribution in [2.75, 3.05) is 5.32 Å². The highest BCUT2D eigenvalue weighted by molar-refractivity contribution is 5.51. The van der Waals surface area contributed by atoms with Crippen molar-refractivity contribution in [3.05, 3.63) is 36.9 Å². The van der Waals surface area contributed by atoms with Gasteiger partial charge in [-0.2, -0.15) is 0 Å². The molecular formula is C17H26N4. The van der Waals surface area contributed by atoms with E-state index in [2.05, 4.69) is 67.5 Å². The Kier molecular flexibility index (Phi) is 5.37. The van der Waals surface area contributed by atoms with Gasteiger partial charge in [-0.3, -0.25) is 4.57 Å². The number of nitrogens with one attached hydrogen (secondary N) is 1. The molecule has 21 heavy (non-hydrogen) atoms. The lowest BCUT2D eigenvalue weighted by atomic mass is 9.95. The average Bonchev–Trinajstić information content (AvgIpc) is 2.91. The predicted molar refractivity (Wildman–Crippen MR) is 87.7 cm³/mol. The van der Waals surface area contributed by atoms with Crippen molar-refractivity contribution >= 4 is 5.69 Å². The summed E-state index contributed by atoms with van der Waals surface area (Å²) in [5, 5.41) is 11.4. The van der Waals surface area contributed by atoms with Gasteiger partial charge in [0, 0.05) is 11.7 Å². The summed E-state index contributed by atoms with van der Waals surface area (Å²) < 4.78 is 1.92. The van der Waals surface area contributed by atoms with Crippen LogP contribution in [-0.2, 0) is 0 Å². The minimum Gasteiger partial charge on any atom is -0.382 e. The topological polar surface area (TPSA) is 42.7 Å². The maximum Gasteiger partial charge on any atom is 0.123 e. The third-order valence-electron chi connectivity index (χ3n) is 3.45. The number of hydrogen-bond acceptors (Lipinski definition) is 3. The van der Waals surface area contributed by atoms with Crippen LogP contribution in [-0.4, -0.2) is 20.8 Å². The Labute approximate surface area is 127 Å². The Morgan fingerprint density at radius 2 is 1.62 bits per heavy atom. The number of nitrogens with zero attached hydrogens (tertiary/aromatic N) is 3. The van der Waals surface area contributed by atoms with E-state index in [4.69, 9.17) is 0 Å². The molecule has 0 saturated heterocycles. The molecule has 1 aromatic heterocycles. The first-order chi connectivity index (χ1) is 10.0. The number of rotatable bonds is 7. The molecule has 0 spiro atoms. The van der Waals surface area contributed by atoms with Gasteiger partial charge in [0.1, 0.15) is 12.7 Å². The van der Waals surface area contributed by atoms with Crippen LogP contribution in [0, 0.1) is 11.8 Å². The van der Waals surface area contributed by atoms with Gasteiger partial charge in [0.05, 0.1) is 5.69 Å². The molecule has 4 heteroatoms. The van der Waals surface area contributed by atoms with Crippen molar-refractivity contribution in [1.29, 1.82) is 0 Å². The van der Waals surface area contributed by atoms with Crippen LogP contribution in [0.1, 0.15) is 40.5 Å². The minimum atomic E-state index is 0.515. The Hall–Kier alpha value is -1.84. The summed E-state index contributed by atoms with van der Waals surface area (Å²) in [5.74, 6) is 1.39. The molecule has 0 fully saturated rings. The van der Waals surface area contributed by atoms with E-state index in [9.17, 15) is 0 Å². The lowest BCUT2D eigenvalue weighted by Crippen LogP contribution is -2.23. The molecule has 2 aromatic rings. The molecule has 0 amide bonds. The van der Waals surface area contributed by atoms with E-state index in [-0.39, 0.29) is 0 Å². The molecule has 0 aliphatic rings. The van der Waals surface area contributed by atoms with Crippen molar-refractivity contribution < 1.29 is 0 Å². The SMILES string of the molecule is CC(C)CC(CC(C)C)Nc1cccc(-n2cnnc2)c1. The summed E-state index contributed by atoms with van der Waals surface area (Å²) in [6.07, 6.45) is 5.82. The third kappa shape index (κ3) is 4.88. The lowest BCUT2D eigenvalue weighted by molar-refractivity contribution is 0.442. The molecule has 0 bridgehead atoms. The lowest BCUT2D eigenvalue weighted by Gasteiger charge is -2.24. The van der Waals surface area contributed by atoms with Gasteiger partial charge in [-0.15, -0.1) is 10.2 Å². The van der Waals surface area contributed by atoms with E-state index in [1.54, 1.807) is 12.7 Å². The first-order valence-electron chi connectivity index (χ1n) is 7.76. The van der Waals surface area contributed by atoms with Gasteiger partial charge in [-0.25, -0.2) is 0 Å². The quantitative estimate of drug-likeness (QED) is 0.832. The molecule has 4 nitrogen and oxygen atoms in total. The van der Waals surface area contributed by atoms with E-state index >= 15 is 0 Å². The van der Waals surface area contributed by atoms with Gasteiger partial charge in [0.25, 0.3) is 0 Å². The Bertz CT molecular complexity index is 521. The zero-order valence-corrected chi connectivity index (χ0v) is 13.5. The molecule has 0 atom stereocenters. The number of aromatic nitrogens is 3. The predicted octanol–water partition coefficient (Wildman–Crippen LogP) is 4.14. The third-order valence-corrected chi connectivity index (χ3v) is 3.45. The molecule has 1 N–H and O–H groups in total. The summed E-state index contributed by atoms with van der Waals surface area (Å²) in [5.41, 5.74) is 2.24. The van der Waals surface area contributed by atoms with Crippen LogP contribution in [0.15, 0.2) is 36.9 Å². The fourth-order valence-corrected chi connectivity index (χ4v) is 2.68. The summed E-state index contributed by atoms with van der Waals surface area (Å²) in [6, 6.07) is 8.92. The Morgan fingerprint density at radius 3 is 2.19 bits per heavy atom. The number of anilines is 1. The van der Waals surface area contributed by atoms with E-state index in [1.807, 2.05) is 4.57 Å². The van der Waals surface area contributed by atoms with Crippen molar-refractivity contribution in [3.8, 4) is 5.69 Å². The number of benzene rings is 1. The van der Waals surface area contributed by atoms with Gasteiger partial charge in [0.15, 0.2) is 0 Å². The van der Waals surface area contributed by atoms with Crippen molar-refractivity contribution in [2.45, 2.75) is 46.6 Å². The zero-order chi connectivity index (χ0) is 15.2. The van der Waals surface area contributed by atoms with Crippen LogP contribution in [0.4, 0.5) is 5.69 Å². The van der Waals surface area contributed by atoms with Gasteiger partial charge < -0.3 is 5.32 Å². The molecule has 2 rings (SSSR count). The summed E-state index contributed by atoms with van der Waals surface area (Å²) in [4.78, 5) is 0. The minimum absolute atomic E-state index is 0.515. The molecule has 1 aromatic carbocycles. The van der Waals surface area contributed by atoms with E-state index in [0.29, 0.717) is 17.9 Å². The van der Waals surface area contributed by atoms with Gasteiger partial charge in [-0.1, -0.05) is 33.8 Å². The van der Waals surface area contributed by atoms with Gasteiger partial charge in [-0.05, 0) is 42.9 Å². The largest absolute Gasteiger partial charge is 0.382 e. The second kappa shape index (κ2) is 7.25. The van der Waals surface area contributed by atoms with E-state index < -0.39 is 0 Å². The van der Waals surface area contributed by atoms with Crippen LogP contribution >= 0.6 is 0 Å². The zero-order valence-electron chi connectivity index (χ0n) is 13.5. The molecule has 0 saturated carbocycles. The first-order valence-corrected chi connectivity index (χ1v) is 7.76. The maximum absolute atomic E-state index is 3.86. The van der Waals surface area contributed by atoms with Crippen LogP contribution in [0.25, 0.3) is 5.69 Å². The Balaban J connectivity index is 2.11.